The van der Waals surface area contributed by atoms with Gasteiger partial charge in [-0.25, -0.2) is 0 Å². The first-order chi connectivity index (χ1) is 13.3. The minimum absolute atomic E-state index is 0.152. The highest BCUT2D eigenvalue weighted by Gasteiger charge is 2.15. The summed E-state index contributed by atoms with van der Waals surface area (Å²) < 4.78 is 5.52. The summed E-state index contributed by atoms with van der Waals surface area (Å²) in [4.78, 5) is 13.9. The molecule has 4 aromatic rings. The Morgan fingerprint density at radius 1 is 1.04 bits per heavy atom. The van der Waals surface area contributed by atoms with E-state index in [9.17, 15) is 4.79 Å². The summed E-state index contributed by atoms with van der Waals surface area (Å²) >= 11 is 1.70. The van der Waals surface area contributed by atoms with Gasteiger partial charge in [-0.3, -0.25) is 4.79 Å². The zero-order valence-corrected chi connectivity index (χ0v) is 15.6. The van der Waals surface area contributed by atoms with Crippen LogP contribution in [-0.2, 0) is 0 Å². The van der Waals surface area contributed by atoms with Crippen LogP contribution in [-0.4, -0.2) is 16.8 Å². The highest BCUT2D eigenvalue weighted by atomic mass is 32.2. The van der Waals surface area contributed by atoms with Gasteiger partial charge in [-0.2, -0.15) is 0 Å². The third-order valence-corrected chi connectivity index (χ3v) is 5.17. The Balaban J connectivity index is 1.67. The van der Waals surface area contributed by atoms with Crippen LogP contribution in [0.15, 0.2) is 82.2 Å². The van der Waals surface area contributed by atoms with Crippen molar-refractivity contribution in [2.75, 3.05) is 11.1 Å². The van der Waals surface area contributed by atoms with Crippen molar-refractivity contribution in [2.24, 2.45) is 0 Å². The van der Waals surface area contributed by atoms with E-state index in [-0.39, 0.29) is 5.91 Å². The van der Waals surface area contributed by atoms with E-state index in [4.69, 9.17) is 4.52 Å². The van der Waals surface area contributed by atoms with Crippen molar-refractivity contribution in [2.45, 2.75) is 11.8 Å². The fourth-order valence-electron chi connectivity index (χ4n) is 2.93. The van der Waals surface area contributed by atoms with Crippen molar-refractivity contribution in [3.63, 3.8) is 0 Å². The Bertz CT molecular complexity index is 1090. The van der Waals surface area contributed by atoms with Gasteiger partial charge >= 0.3 is 0 Å². The molecular formula is C22H18N2O2S. The second-order valence-corrected chi connectivity index (χ2v) is 7.30. The van der Waals surface area contributed by atoms with Crippen LogP contribution in [0.4, 0.5) is 5.69 Å². The van der Waals surface area contributed by atoms with E-state index < -0.39 is 0 Å². The predicted molar refractivity (Wildman–Crippen MR) is 110 cm³/mol. The van der Waals surface area contributed by atoms with Crippen molar-refractivity contribution >= 4 is 34.3 Å². The molecule has 4 rings (SSSR count). The number of hydrogen-bond acceptors (Lipinski definition) is 4. The summed E-state index contributed by atoms with van der Waals surface area (Å²) in [6, 6.07) is 23.0. The van der Waals surface area contributed by atoms with Crippen LogP contribution in [0.3, 0.4) is 0 Å². The van der Waals surface area contributed by atoms with Crippen molar-refractivity contribution in [3.8, 4) is 11.3 Å². The molecule has 0 saturated heterocycles. The average Bonchev–Trinajstić information content (AvgIpc) is 3.13. The fourth-order valence-corrected chi connectivity index (χ4v) is 3.69. The summed E-state index contributed by atoms with van der Waals surface area (Å²) in [6.45, 7) is 2.09. The van der Waals surface area contributed by atoms with Crippen LogP contribution in [0.1, 0.15) is 17.3 Å². The van der Waals surface area contributed by atoms with E-state index in [1.54, 1.807) is 17.8 Å². The third-order valence-electron chi connectivity index (χ3n) is 4.21. The lowest BCUT2D eigenvalue weighted by Crippen LogP contribution is -2.12. The third kappa shape index (κ3) is 3.59. The quantitative estimate of drug-likeness (QED) is 0.445. The lowest BCUT2D eigenvalue weighted by Gasteiger charge is -2.10. The Morgan fingerprint density at radius 2 is 1.81 bits per heavy atom. The average molecular weight is 374 g/mol. The number of hydrogen-bond donors (Lipinski definition) is 1. The van der Waals surface area contributed by atoms with Crippen molar-refractivity contribution in [1.82, 2.24) is 5.16 Å². The first kappa shape index (κ1) is 17.4. The molecule has 0 radical (unpaired) electrons. The van der Waals surface area contributed by atoms with Gasteiger partial charge in [0, 0.05) is 16.0 Å². The Hall–Kier alpha value is -3.05. The van der Waals surface area contributed by atoms with E-state index in [1.807, 2.05) is 66.7 Å². The molecule has 134 valence electrons. The number of anilines is 1. The number of carbonyl (C=O) groups excluding carboxylic acids is 1. The summed E-state index contributed by atoms with van der Waals surface area (Å²) in [7, 11) is 0. The standard InChI is InChI=1S/C22H18N2O2S/c1-2-27-20-11-7-6-10-19(20)23-22(25)16-12-13-18-17(14-16)21(26-24-18)15-8-4-3-5-9-15/h3-14H,2H2,1H3,(H,23,25). The summed E-state index contributed by atoms with van der Waals surface area (Å²) in [5.41, 5.74) is 3.05. The van der Waals surface area contributed by atoms with E-state index in [0.29, 0.717) is 11.3 Å². The van der Waals surface area contributed by atoms with E-state index in [2.05, 4.69) is 17.4 Å². The molecule has 0 fully saturated rings. The van der Waals surface area contributed by atoms with E-state index in [0.717, 1.165) is 32.8 Å². The fraction of sp³-hybridized carbons (Fsp3) is 0.0909. The van der Waals surface area contributed by atoms with Crippen LogP contribution < -0.4 is 5.32 Å². The Morgan fingerprint density at radius 3 is 2.63 bits per heavy atom. The monoisotopic (exact) mass is 374 g/mol. The van der Waals surface area contributed by atoms with Gasteiger partial charge in [-0.1, -0.05) is 54.5 Å². The molecule has 0 aliphatic rings. The highest BCUT2D eigenvalue weighted by Crippen LogP contribution is 2.30. The molecule has 1 aromatic heterocycles. The van der Waals surface area contributed by atoms with Crippen LogP contribution >= 0.6 is 11.8 Å². The summed E-state index contributed by atoms with van der Waals surface area (Å²) in [6.07, 6.45) is 0. The number of amides is 1. The second kappa shape index (κ2) is 7.68. The van der Waals surface area contributed by atoms with Crippen molar-refractivity contribution in [1.29, 1.82) is 0 Å². The zero-order chi connectivity index (χ0) is 18.6. The number of aromatic nitrogens is 1. The lowest BCUT2D eigenvalue weighted by atomic mass is 10.1. The summed E-state index contributed by atoms with van der Waals surface area (Å²) in [5.74, 6) is 1.46. The smallest absolute Gasteiger partial charge is 0.255 e. The van der Waals surface area contributed by atoms with Gasteiger partial charge in [-0.05, 0) is 36.1 Å². The topological polar surface area (TPSA) is 55.1 Å². The SMILES string of the molecule is CCSc1ccccc1NC(=O)c1ccc2noc(-c3ccccc3)c2c1. The molecule has 0 bridgehead atoms. The predicted octanol–water partition coefficient (Wildman–Crippen LogP) is 5.86. The number of fused-ring (bicyclic) bond motifs is 1. The maximum absolute atomic E-state index is 12.8. The molecule has 0 aliphatic heterocycles. The minimum atomic E-state index is -0.152. The summed E-state index contributed by atoms with van der Waals surface area (Å²) in [5, 5.41) is 7.95. The van der Waals surface area contributed by atoms with Gasteiger partial charge < -0.3 is 9.84 Å². The normalized spacial score (nSPS) is 10.9. The van der Waals surface area contributed by atoms with Gasteiger partial charge in [0.05, 0.1) is 11.1 Å². The molecule has 27 heavy (non-hydrogen) atoms. The van der Waals surface area contributed by atoms with Crippen LogP contribution in [0.25, 0.3) is 22.2 Å². The molecule has 0 spiro atoms. The van der Waals surface area contributed by atoms with Crippen LogP contribution in [0.2, 0.25) is 0 Å². The first-order valence-electron chi connectivity index (χ1n) is 8.74. The Kier molecular flexibility index (Phi) is 4.94. The molecule has 1 N–H and O–H groups in total. The maximum atomic E-state index is 12.8. The number of benzene rings is 3. The maximum Gasteiger partial charge on any atom is 0.255 e. The molecule has 0 saturated carbocycles. The molecule has 0 aliphatic carbocycles. The van der Waals surface area contributed by atoms with Crippen molar-refractivity contribution in [3.05, 3.63) is 78.4 Å². The van der Waals surface area contributed by atoms with Gasteiger partial charge in [0.15, 0.2) is 5.76 Å². The number of thioether (sulfide) groups is 1. The van der Waals surface area contributed by atoms with E-state index >= 15 is 0 Å². The minimum Gasteiger partial charge on any atom is -0.355 e. The zero-order valence-electron chi connectivity index (χ0n) is 14.8. The number of carbonyl (C=O) groups is 1. The Labute approximate surface area is 161 Å². The number of para-hydroxylation sites is 1. The number of nitrogens with zero attached hydrogens (tertiary/aromatic N) is 1. The molecular weight excluding hydrogens is 356 g/mol. The molecule has 5 heteroatoms. The van der Waals surface area contributed by atoms with Gasteiger partial charge in [0.25, 0.3) is 5.91 Å². The molecule has 1 amide bonds. The molecule has 0 unspecified atom stereocenters. The largest absolute Gasteiger partial charge is 0.355 e. The van der Waals surface area contributed by atoms with Gasteiger partial charge in [0.2, 0.25) is 0 Å². The van der Waals surface area contributed by atoms with Crippen LogP contribution in [0.5, 0.6) is 0 Å². The molecule has 0 atom stereocenters. The number of nitrogens with one attached hydrogen (secondary N) is 1. The lowest BCUT2D eigenvalue weighted by molar-refractivity contribution is 0.102. The van der Waals surface area contributed by atoms with Gasteiger partial charge in [0.1, 0.15) is 5.52 Å². The van der Waals surface area contributed by atoms with E-state index in [1.165, 1.54) is 0 Å². The molecule has 1 heterocycles. The van der Waals surface area contributed by atoms with Crippen LogP contribution in [0, 0.1) is 0 Å². The highest BCUT2D eigenvalue weighted by molar-refractivity contribution is 7.99. The molecule has 4 nitrogen and oxygen atoms in total. The first-order valence-corrected chi connectivity index (χ1v) is 9.73. The molecule has 3 aromatic carbocycles. The van der Waals surface area contributed by atoms with Gasteiger partial charge in [-0.15, -0.1) is 11.8 Å². The number of rotatable bonds is 5. The second-order valence-electron chi connectivity index (χ2n) is 5.99. The van der Waals surface area contributed by atoms with Crippen molar-refractivity contribution < 1.29 is 9.32 Å².